The van der Waals surface area contributed by atoms with Crippen molar-refractivity contribution in [3.05, 3.63) is 69.8 Å². The van der Waals surface area contributed by atoms with Crippen LogP contribution < -0.4 is 4.74 Å². The summed E-state index contributed by atoms with van der Waals surface area (Å²) in [5.41, 5.74) is 7.03. The third-order valence-electron chi connectivity index (χ3n) is 4.53. The number of aryl methyl sites for hydroxylation is 1. The number of hydrogen-bond donors (Lipinski definition) is 1. The van der Waals surface area contributed by atoms with E-state index < -0.39 is 5.97 Å². The van der Waals surface area contributed by atoms with Crippen LogP contribution in [-0.4, -0.2) is 18.2 Å². The highest BCUT2D eigenvalue weighted by atomic mass is 16.5. The van der Waals surface area contributed by atoms with E-state index in [9.17, 15) is 4.79 Å². The van der Waals surface area contributed by atoms with Crippen molar-refractivity contribution >= 4 is 12.0 Å². The summed E-state index contributed by atoms with van der Waals surface area (Å²) in [5, 5.41) is 8.74. The van der Waals surface area contributed by atoms with Gasteiger partial charge in [-0.1, -0.05) is 56.7 Å². The molecule has 0 bridgehead atoms. The second-order valence-corrected chi connectivity index (χ2v) is 6.50. The lowest BCUT2D eigenvalue weighted by atomic mass is 9.90. The molecule has 0 aromatic heterocycles. The summed E-state index contributed by atoms with van der Waals surface area (Å²) in [4.78, 5) is 10.6. The minimum Gasteiger partial charge on any atom is -0.496 e. The van der Waals surface area contributed by atoms with E-state index >= 15 is 0 Å². The summed E-state index contributed by atoms with van der Waals surface area (Å²) in [5.74, 6) is 0.0578. The average Bonchev–Trinajstić information content (AvgIpc) is 2.64. The van der Waals surface area contributed by atoms with Crippen LogP contribution in [0.5, 0.6) is 5.75 Å². The topological polar surface area (TPSA) is 46.5 Å². The lowest BCUT2D eigenvalue weighted by Crippen LogP contribution is -2.03. The number of ether oxygens (including phenoxy) is 1. The molecule has 0 heterocycles. The van der Waals surface area contributed by atoms with Gasteiger partial charge in [0.15, 0.2) is 0 Å². The largest absolute Gasteiger partial charge is 0.496 e. The number of carboxylic acids is 1. The second kappa shape index (κ2) is 11.2. The number of carbonyl (C=O) groups is 1. The molecule has 0 spiro atoms. The minimum absolute atomic E-state index is 0.708. The number of benzene rings is 1. The Bertz CT molecular complexity index is 777. The molecule has 0 saturated carbocycles. The fourth-order valence-electron chi connectivity index (χ4n) is 3.17. The Kier molecular flexibility index (Phi) is 9.35. The summed E-state index contributed by atoms with van der Waals surface area (Å²) in [7, 11) is 1.74. The van der Waals surface area contributed by atoms with Crippen molar-refractivity contribution in [2.45, 2.75) is 53.9 Å². The predicted molar refractivity (Wildman–Crippen MR) is 114 cm³/mol. The van der Waals surface area contributed by atoms with Gasteiger partial charge in [-0.25, -0.2) is 4.79 Å². The Labute approximate surface area is 163 Å². The molecule has 1 aromatic rings. The van der Waals surface area contributed by atoms with E-state index in [1.807, 2.05) is 19.1 Å². The molecule has 0 fully saturated rings. The van der Waals surface area contributed by atoms with Crippen molar-refractivity contribution in [1.82, 2.24) is 0 Å². The molecule has 0 aliphatic rings. The van der Waals surface area contributed by atoms with Gasteiger partial charge in [0.1, 0.15) is 5.75 Å². The molecule has 1 rings (SSSR count). The first kappa shape index (κ1) is 22.5. The van der Waals surface area contributed by atoms with Gasteiger partial charge in [-0.15, -0.1) is 0 Å². The standard InChI is InChI=1S/C24H32O3/c1-7-19-16-23(27-6)21(9-3)20(8-2)22(19)14-13-17(4)11-10-12-18(5)15-24(25)26/h10-16H,7-9H2,1-6H3,(H,25,26). The predicted octanol–water partition coefficient (Wildman–Crippen LogP) is 5.93. The van der Waals surface area contributed by atoms with Crippen LogP contribution in [0.1, 0.15) is 56.9 Å². The number of aliphatic carboxylic acids is 1. The summed E-state index contributed by atoms with van der Waals surface area (Å²) in [6, 6.07) is 2.16. The lowest BCUT2D eigenvalue weighted by molar-refractivity contribution is -0.131. The molecule has 0 aliphatic carbocycles. The molecule has 0 radical (unpaired) electrons. The number of carboxylic acid groups (broad SMARTS) is 1. The SMILES string of the molecule is CCc1cc(OC)c(CC)c(CC)c1C=CC(C)=CC=CC(C)=CC(=O)O. The van der Waals surface area contributed by atoms with E-state index in [1.54, 1.807) is 20.1 Å². The molecule has 146 valence electrons. The van der Waals surface area contributed by atoms with Gasteiger partial charge in [0.2, 0.25) is 0 Å². The van der Waals surface area contributed by atoms with Crippen molar-refractivity contribution in [2.24, 2.45) is 0 Å². The lowest BCUT2D eigenvalue weighted by Gasteiger charge is -2.18. The Hall–Kier alpha value is -2.55. The number of rotatable bonds is 9. The van der Waals surface area contributed by atoms with Gasteiger partial charge in [-0.05, 0) is 67.0 Å². The van der Waals surface area contributed by atoms with Crippen LogP contribution >= 0.6 is 0 Å². The number of allylic oxidation sites excluding steroid dienone is 6. The first-order chi connectivity index (χ1) is 12.9. The van der Waals surface area contributed by atoms with Crippen molar-refractivity contribution in [3.8, 4) is 5.75 Å². The third kappa shape index (κ3) is 6.59. The van der Waals surface area contributed by atoms with Crippen molar-refractivity contribution in [3.63, 3.8) is 0 Å². The minimum atomic E-state index is -0.928. The van der Waals surface area contributed by atoms with E-state index in [2.05, 4.69) is 39.0 Å². The van der Waals surface area contributed by atoms with Crippen molar-refractivity contribution in [1.29, 1.82) is 0 Å². The molecule has 3 heteroatoms. The van der Waals surface area contributed by atoms with Crippen LogP contribution in [0.4, 0.5) is 0 Å². The maximum absolute atomic E-state index is 10.6. The van der Waals surface area contributed by atoms with Gasteiger partial charge >= 0.3 is 5.97 Å². The van der Waals surface area contributed by atoms with Crippen LogP contribution in [0.2, 0.25) is 0 Å². The molecule has 0 aliphatic heterocycles. The zero-order valence-corrected chi connectivity index (χ0v) is 17.4. The van der Waals surface area contributed by atoms with E-state index in [0.717, 1.165) is 30.6 Å². The van der Waals surface area contributed by atoms with E-state index in [-0.39, 0.29) is 0 Å². The maximum Gasteiger partial charge on any atom is 0.328 e. The van der Waals surface area contributed by atoms with Gasteiger partial charge in [0, 0.05) is 6.08 Å². The quantitative estimate of drug-likeness (QED) is 0.434. The molecule has 3 nitrogen and oxygen atoms in total. The first-order valence-electron chi connectivity index (χ1n) is 9.53. The van der Waals surface area contributed by atoms with Gasteiger partial charge < -0.3 is 9.84 Å². The monoisotopic (exact) mass is 368 g/mol. The Morgan fingerprint density at radius 3 is 2.22 bits per heavy atom. The zero-order valence-electron chi connectivity index (χ0n) is 17.4. The molecule has 1 N–H and O–H groups in total. The Balaban J connectivity index is 3.21. The van der Waals surface area contributed by atoms with Gasteiger partial charge in [-0.2, -0.15) is 0 Å². The molecule has 0 saturated heterocycles. The molecule has 1 aromatic carbocycles. The zero-order chi connectivity index (χ0) is 20.4. The van der Waals surface area contributed by atoms with Crippen LogP contribution in [0.15, 0.2) is 47.6 Å². The highest BCUT2D eigenvalue weighted by Gasteiger charge is 2.14. The molecular weight excluding hydrogens is 336 g/mol. The fourth-order valence-corrected chi connectivity index (χ4v) is 3.17. The van der Waals surface area contributed by atoms with Crippen LogP contribution in [-0.2, 0) is 24.1 Å². The molecule has 0 amide bonds. The second-order valence-electron chi connectivity index (χ2n) is 6.50. The van der Waals surface area contributed by atoms with Gasteiger partial charge in [-0.3, -0.25) is 0 Å². The van der Waals surface area contributed by atoms with E-state index in [1.165, 1.54) is 28.3 Å². The Morgan fingerprint density at radius 2 is 1.70 bits per heavy atom. The van der Waals surface area contributed by atoms with Gasteiger partial charge in [0.25, 0.3) is 0 Å². The Morgan fingerprint density at radius 1 is 1.04 bits per heavy atom. The molecule has 27 heavy (non-hydrogen) atoms. The molecule has 0 unspecified atom stereocenters. The van der Waals surface area contributed by atoms with Crippen LogP contribution in [0.25, 0.3) is 6.08 Å². The van der Waals surface area contributed by atoms with E-state index in [4.69, 9.17) is 9.84 Å². The number of methoxy groups -OCH3 is 1. The van der Waals surface area contributed by atoms with E-state index in [0.29, 0.717) is 5.57 Å². The average molecular weight is 369 g/mol. The summed E-state index contributed by atoms with van der Waals surface area (Å²) in [6.45, 7) is 10.3. The summed E-state index contributed by atoms with van der Waals surface area (Å²) in [6.07, 6.45) is 14.0. The highest BCUT2D eigenvalue weighted by molar-refractivity contribution is 5.81. The summed E-state index contributed by atoms with van der Waals surface area (Å²) < 4.78 is 5.61. The smallest absolute Gasteiger partial charge is 0.328 e. The fraction of sp³-hybridized carbons (Fsp3) is 0.375. The normalized spacial score (nSPS) is 13.0. The first-order valence-corrected chi connectivity index (χ1v) is 9.53. The maximum atomic E-state index is 10.6. The third-order valence-corrected chi connectivity index (χ3v) is 4.53. The number of hydrogen-bond acceptors (Lipinski definition) is 2. The van der Waals surface area contributed by atoms with Crippen LogP contribution in [0, 0.1) is 0 Å². The van der Waals surface area contributed by atoms with Crippen LogP contribution in [0.3, 0.4) is 0 Å². The summed E-state index contributed by atoms with van der Waals surface area (Å²) >= 11 is 0. The molecular formula is C24H32O3. The van der Waals surface area contributed by atoms with Crippen molar-refractivity contribution < 1.29 is 14.6 Å². The molecule has 0 atom stereocenters. The highest BCUT2D eigenvalue weighted by Crippen LogP contribution is 2.31. The van der Waals surface area contributed by atoms with Crippen molar-refractivity contribution in [2.75, 3.05) is 7.11 Å². The van der Waals surface area contributed by atoms with Gasteiger partial charge in [0.05, 0.1) is 7.11 Å².